The van der Waals surface area contributed by atoms with Gasteiger partial charge in [0.25, 0.3) is 11.8 Å². The lowest BCUT2D eigenvalue weighted by Crippen LogP contribution is -2.56. The number of carbonyl (C=O) groups is 1. The number of carbonyl (C=O) groups excluding carboxylic acids is 1. The van der Waals surface area contributed by atoms with E-state index < -0.39 is 12.0 Å². The van der Waals surface area contributed by atoms with Crippen molar-refractivity contribution in [2.45, 2.75) is 49.5 Å². The third kappa shape index (κ3) is 4.46. The SMILES string of the molecule is CO[C@H]1CO[C@@H](C(=O)N2CCc3ccccc3[C@@H]2c2ccc(F)cc2)C[C@@H]1N1CCC(F)(F)C1. The quantitative estimate of drug-likeness (QED) is 0.676. The van der Waals surface area contributed by atoms with Gasteiger partial charge >= 0.3 is 0 Å². The van der Waals surface area contributed by atoms with Crippen LogP contribution in [0.1, 0.15) is 35.6 Å². The maximum atomic E-state index is 13.9. The average Bonchev–Trinajstić information content (AvgIpc) is 3.22. The molecule has 5 rings (SSSR count). The molecule has 34 heavy (non-hydrogen) atoms. The lowest BCUT2D eigenvalue weighted by molar-refractivity contribution is -0.162. The molecular formula is C26H29F3N2O3. The zero-order valence-corrected chi connectivity index (χ0v) is 19.1. The predicted octanol–water partition coefficient (Wildman–Crippen LogP) is 3.81. The zero-order chi connectivity index (χ0) is 23.9. The van der Waals surface area contributed by atoms with Gasteiger partial charge in [0.1, 0.15) is 11.9 Å². The van der Waals surface area contributed by atoms with Crippen LogP contribution in [0.3, 0.4) is 0 Å². The van der Waals surface area contributed by atoms with Gasteiger partial charge < -0.3 is 14.4 Å². The van der Waals surface area contributed by atoms with Crippen molar-refractivity contribution in [2.75, 3.05) is 33.4 Å². The topological polar surface area (TPSA) is 42.0 Å². The van der Waals surface area contributed by atoms with Crippen LogP contribution in [0.4, 0.5) is 13.2 Å². The maximum absolute atomic E-state index is 13.9. The number of rotatable bonds is 4. The van der Waals surface area contributed by atoms with Crippen molar-refractivity contribution in [3.05, 3.63) is 71.0 Å². The largest absolute Gasteiger partial charge is 0.377 e. The molecular weight excluding hydrogens is 445 g/mol. The van der Waals surface area contributed by atoms with Gasteiger partial charge in [-0.15, -0.1) is 0 Å². The van der Waals surface area contributed by atoms with E-state index in [1.807, 2.05) is 18.2 Å². The molecule has 0 spiro atoms. The Balaban J connectivity index is 1.41. The standard InChI is InChI=1S/C26H29F3N2O3/c1-33-23-15-34-22(14-21(23)30-13-11-26(28,29)16-30)25(32)31-12-10-17-4-2-3-5-20(17)24(31)18-6-8-19(27)9-7-18/h2-9,21-24H,10-16H2,1H3/t21-,22+,23-,24-/m0/s1. The number of nitrogens with zero attached hydrogens (tertiary/aromatic N) is 2. The van der Waals surface area contributed by atoms with Crippen LogP contribution in [0.2, 0.25) is 0 Å². The van der Waals surface area contributed by atoms with E-state index in [1.165, 1.54) is 12.1 Å². The highest BCUT2D eigenvalue weighted by atomic mass is 19.3. The number of amides is 1. The molecule has 0 aliphatic carbocycles. The Morgan fingerprint density at radius 3 is 2.59 bits per heavy atom. The zero-order valence-electron chi connectivity index (χ0n) is 19.1. The van der Waals surface area contributed by atoms with Crippen LogP contribution in [0.25, 0.3) is 0 Å². The number of benzene rings is 2. The normalized spacial score (nSPS) is 29.1. The molecule has 0 aromatic heterocycles. The van der Waals surface area contributed by atoms with Crippen molar-refractivity contribution in [1.82, 2.24) is 9.80 Å². The average molecular weight is 475 g/mol. The minimum Gasteiger partial charge on any atom is -0.377 e. The third-order valence-corrected chi connectivity index (χ3v) is 7.35. The Bertz CT molecular complexity index is 1030. The number of alkyl halides is 2. The smallest absolute Gasteiger partial charge is 0.261 e. The lowest BCUT2D eigenvalue weighted by Gasteiger charge is -2.43. The Hall–Kier alpha value is -2.42. The van der Waals surface area contributed by atoms with Gasteiger partial charge in [-0.2, -0.15) is 0 Å². The van der Waals surface area contributed by atoms with Crippen molar-refractivity contribution < 1.29 is 27.4 Å². The molecule has 1 amide bonds. The van der Waals surface area contributed by atoms with E-state index in [-0.39, 0.29) is 56.0 Å². The van der Waals surface area contributed by atoms with Crippen molar-refractivity contribution in [3.63, 3.8) is 0 Å². The molecule has 2 aromatic carbocycles. The van der Waals surface area contributed by atoms with Crippen LogP contribution in [0.5, 0.6) is 0 Å². The molecule has 2 aromatic rings. The van der Waals surface area contributed by atoms with Gasteiger partial charge in [-0.3, -0.25) is 9.69 Å². The van der Waals surface area contributed by atoms with E-state index in [0.717, 1.165) is 16.7 Å². The van der Waals surface area contributed by atoms with E-state index in [0.29, 0.717) is 19.4 Å². The summed E-state index contributed by atoms with van der Waals surface area (Å²) in [4.78, 5) is 17.3. The molecule has 2 saturated heterocycles. The molecule has 3 aliphatic rings. The minimum atomic E-state index is -2.72. The van der Waals surface area contributed by atoms with Crippen LogP contribution >= 0.6 is 0 Å². The van der Waals surface area contributed by atoms with E-state index in [2.05, 4.69) is 6.07 Å². The van der Waals surface area contributed by atoms with Crippen LogP contribution in [0.15, 0.2) is 48.5 Å². The number of methoxy groups -OCH3 is 1. The van der Waals surface area contributed by atoms with Crippen LogP contribution < -0.4 is 0 Å². The number of fused-ring (bicyclic) bond motifs is 1. The van der Waals surface area contributed by atoms with E-state index in [4.69, 9.17) is 9.47 Å². The Morgan fingerprint density at radius 1 is 1.12 bits per heavy atom. The fraction of sp³-hybridized carbons (Fsp3) is 0.500. The van der Waals surface area contributed by atoms with Crippen molar-refractivity contribution in [2.24, 2.45) is 0 Å². The fourth-order valence-electron chi connectivity index (χ4n) is 5.58. The van der Waals surface area contributed by atoms with E-state index >= 15 is 0 Å². The molecule has 2 fully saturated rings. The lowest BCUT2D eigenvalue weighted by atomic mass is 9.87. The van der Waals surface area contributed by atoms with Gasteiger partial charge in [0.05, 0.1) is 25.3 Å². The molecule has 0 saturated carbocycles. The summed E-state index contributed by atoms with van der Waals surface area (Å²) in [5, 5.41) is 0. The van der Waals surface area contributed by atoms with E-state index in [1.54, 1.807) is 29.0 Å². The summed E-state index contributed by atoms with van der Waals surface area (Å²) in [6, 6.07) is 13.5. The first-order valence-corrected chi connectivity index (χ1v) is 11.8. The van der Waals surface area contributed by atoms with Gasteiger partial charge in [0, 0.05) is 39.1 Å². The first kappa shape index (κ1) is 23.3. The van der Waals surface area contributed by atoms with Gasteiger partial charge in [-0.25, -0.2) is 13.2 Å². The van der Waals surface area contributed by atoms with Crippen LogP contribution in [-0.4, -0.2) is 73.2 Å². The second-order valence-corrected chi connectivity index (χ2v) is 9.41. The summed E-state index contributed by atoms with van der Waals surface area (Å²) in [5.41, 5.74) is 2.99. The summed E-state index contributed by atoms with van der Waals surface area (Å²) in [6.45, 7) is 0.616. The summed E-state index contributed by atoms with van der Waals surface area (Å²) < 4.78 is 53.0. The molecule has 0 radical (unpaired) electrons. The number of likely N-dealkylation sites (tertiary alicyclic amines) is 1. The second-order valence-electron chi connectivity index (χ2n) is 9.41. The Kier molecular flexibility index (Phi) is 6.39. The highest BCUT2D eigenvalue weighted by Gasteiger charge is 2.47. The molecule has 0 bridgehead atoms. The van der Waals surface area contributed by atoms with Gasteiger partial charge in [0.15, 0.2) is 0 Å². The van der Waals surface area contributed by atoms with Crippen LogP contribution in [0, 0.1) is 5.82 Å². The Labute approximate surface area is 197 Å². The number of hydrogen-bond donors (Lipinski definition) is 0. The van der Waals surface area contributed by atoms with Crippen molar-refractivity contribution in [1.29, 1.82) is 0 Å². The molecule has 5 nitrogen and oxygen atoms in total. The molecule has 3 heterocycles. The molecule has 182 valence electrons. The van der Waals surface area contributed by atoms with Crippen molar-refractivity contribution in [3.8, 4) is 0 Å². The molecule has 0 unspecified atom stereocenters. The highest BCUT2D eigenvalue weighted by Crippen LogP contribution is 2.38. The van der Waals surface area contributed by atoms with Crippen molar-refractivity contribution >= 4 is 5.91 Å². The van der Waals surface area contributed by atoms with Gasteiger partial charge in [-0.05, 0) is 35.2 Å². The maximum Gasteiger partial charge on any atom is 0.261 e. The van der Waals surface area contributed by atoms with Crippen LogP contribution in [-0.2, 0) is 20.7 Å². The number of ether oxygens (including phenoxy) is 2. The van der Waals surface area contributed by atoms with Gasteiger partial charge in [-0.1, -0.05) is 36.4 Å². The van der Waals surface area contributed by atoms with Gasteiger partial charge in [0.2, 0.25) is 0 Å². The number of halogens is 3. The molecule has 4 atom stereocenters. The van der Waals surface area contributed by atoms with E-state index in [9.17, 15) is 18.0 Å². The Morgan fingerprint density at radius 2 is 1.88 bits per heavy atom. The third-order valence-electron chi connectivity index (χ3n) is 7.35. The summed E-state index contributed by atoms with van der Waals surface area (Å²) in [6.07, 6.45) is -0.308. The molecule has 8 heteroatoms. The summed E-state index contributed by atoms with van der Waals surface area (Å²) in [7, 11) is 1.55. The summed E-state index contributed by atoms with van der Waals surface area (Å²) in [5.74, 6) is -3.23. The molecule has 0 N–H and O–H groups in total. The second kappa shape index (κ2) is 9.32. The minimum absolute atomic E-state index is 0.172. The predicted molar refractivity (Wildman–Crippen MR) is 120 cm³/mol. The number of hydrogen-bond acceptors (Lipinski definition) is 4. The fourth-order valence-corrected chi connectivity index (χ4v) is 5.58. The molecule has 3 aliphatic heterocycles. The first-order valence-electron chi connectivity index (χ1n) is 11.8. The highest BCUT2D eigenvalue weighted by molar-refractivity contribution is 5.82. The summed E-state index contributed by atoms with van der Waals surface area (Å²) >= 11 is 0. The monoisotopic (exact) mass is 474 g/mol. The first-order chi connectivity index (χ1) is 16.4.